The van der Waals surface area contributed by atoms with Crippen molar-refractivity contribution < 1.29 is 4.74 Å². The zero-order chi connectivity index (χ0) is 12.4. The number of aromatic nitrogens is 5. The van der Waals surface area contributed by atoms with Gasteiger partial charge in [-0.2, -0.15) is 10.1 Å². The first-order chi connectivity index (χ1) is 8.11. The molecule has 17 heavy (non-hydrogen) atoms. The van der Waals surface area contributed by atoms with Gasteiger partial charge in [-0.15, -0.1) is 10.2 Å². The van der Waals surface area contributed by atoms with Gasteiger partial charge in [-0.1, -0.05) is 0 Å². The van der Waals surface area contributed by atoms with Gasteiger partial charge in [0.2, 0.25) is 5.88 Å². The van der Waals surface area contributed by atoms with Crippen molar-refractivity contribution >= 4 is 0 Å². The van der Waals surface area contributed by atoms with Gasteiger partial charge in [0, 0.05) is 19.2 Å². The normalized spacial score (nSPS) is 10.6. The van der Waals surface area contributed by atoms with Crippen molar-refractivity contribution in [3.63, 3.8) is 0 Å². The quantitative estimate of drug-likeness (QED) is 0.830. The summed E-state index contributed by atoms with van der Waals surface area (Å²) in [4.78, 5) is 3.96. The molecule has 2 heterocycles. The summed E-state index contributed by atoms with van der Waals surface area (Å²) in [5.41, 5.74) is 8.33. The molecule has 0 aliphatic heterocycles. The van der Waals surface area contributed by atoms with Gasteiger partial charge in [0.1, 0.15) is 6.33 Å². The molecule has 0 spiro atoms. The number of nitrogens with two attached hydrogens (primary N) is 1. The maximum atomic E-state index is 5.69. The van der Waals surface area contributed by atoms with Crippen molar-refractivity contribution in [3.8, 4) is 11.9 Å². The van der Waals surface area contributed by atoms with Gasteiger partial charge in [0.25, 0.3) is 0 Å². The van der Waals surface area contributed by atoms with Gasteiger partial charge in [-0.25, -0.2) is 0 Å². The van der Waals surface area contributed by atoms with E-state index in [0.717, 1.165) is 16.8 Å². The molecule has 7 nitrogen and oxygen atoms in total. The Morgan fingerprint density at radius 2 is 2.12 bits per heavy atom. The summed E-state index contributed by atoms with van der Waals surface area (Å²) in [6.07, 6.45) is 1.55. The van der Waals surface area contributed by atoms with Crippen molar-refractivity contribution in [3.05, 3.63) is 23.1 Å². The van der Waals surface area contributed by atoms with Crippen LogP contribution in [0.4, 0.5) is 0 Å². The molecule has 0 aliphatic rings. The lowest BCUT2D eigenvalue weighted by atomic mass is 10.1. The van der Waals surface area contributed by atoms with Crippen LogP contribution < -0.4 is 10.5 Å². The van der Waals surface area contributed by atoms with E-state index in [9.17, 15) is 0 Å². The molecule has 0 aromatic carbocycles. The zero-order valence-electron chi connectivity index (χ0n) is 10.0. The molecular formula is C10H14N6O. The molecule has 2 aromatic heterocycles. The minimum atomic E-state index is 0.236. The highest BCUT2D eigenvalue weighted by Gasteiger charge is 2.13. The van der Waals surface area contributed by atoms with E-state index in [1.54, 1.807) is 18.1 Å². The summed E-state index contributed by atoms with van der Waals surface area (Å²) in [6.45, 7) is 4.15. The van der Waals surface area contributed by atoms with Crippen LogP contribution in [0.1, 0.15) is 16.8 Å². The molecule has 0 atom stereocenters. The number of hydrogen-bond acceptors (Lipinski definition) is 6. The van der Waals surface area contributed by atoms with Crippen LogP contribution in [0.15, 0.2) is 6.33 Å². The molecule has 0 saturated heterocycles. The number of nitrogens with zero attached hydrogens (tertiary/aromatic N) is 5. The zero-order valence-corrected chi connectivity index (χ0v) is 10.0. The number of aryl methyl sites for hydroxylation is 2. The Morgan fingerprint density at radius 3 is 2.71 bits per heavy atom. The Labute approximate surface area is 98.6 Å². The molecule has 2 rings (SSSR count). The van der Waals surface area contributed by atoms with Crippen LogP contribution in [0.3, 0.4) is 0 Å². The lowest BCUT2D eigenvalue weighted by Gasteiger charge is -2.09. The molecule has 0 bridgehead atoms. The Balaban J connectivity index is 2.36. The highest BCUT2D eigenvalue weighted by Crippen LogP contribution is 2.23. The minimum Gasteiger partial charge on any atom is -0.402 e. The third-order valence-electron chi connectivity index (χ3n) is 2.52. The Kier molecular flexibility index (Phi) is 3.01. The summed E-state index contributed by atoms with van der Waals surface area (Å²) >= 11 is 0. The van der Waals surface area contributed by atoms with Gasteiger partial charge in [-0.05, 0) is 19.4 Å². The van der Waals surface area contributed by atoms with E-state index in [4.69, 9.17) is 10.5 Å². The maximum absolute atomic E-state index is 5.69. The van der Waals surface area contributed by atoms with E-state index in [1.807, 2.05) is 13.8 Å². The molecule has 0 unspecified atom stereocenters. The van der Waals surface area contributed by atoms with Crippen LogP contribution in [-0.2, 0) is 13.6 Å². The first-order valence-electron chi connectivity index (χ1n) is 5.18. The van der Waals surface area contributed by atoms with Crippen molar-refractivity contribution in [2.75, 3.05) is 0 Å². The fourth-order valence-electron chi connectivity index (χ4n) is 1.41. The topological polar surface area (TPSA) is 91.7 Å². The summed E-state index contributed by atoms with van der Waals surface area (Å²) < 4.78 is 7.01. The third kappa shape index (κ3) is 2.23. The molecule has 90 valence electrons. The molecule has 0 saturated carbocycles. The molecule has 2 aromatic rings. The largest absolute Gasteiger partial charge is 0.402 e. The van der Waals surface area contributed by atoms with E-state index >= 15 is 0 Å². The van der Waals surface area contributed by atoms with Crippen LogP contribution >= 0.6 is 0 Å². The Hall–Kier alpha value is -2.02. The fourth-order valence-corrected chi connectivity index (χ4v) is 1.41. The Bertz CT molecular complexity index is 536. The first kappa shape index (κ1) is 11.5. The first-order valence-corrected chi connectivity index (χ1v) is 5.18. The fraction of sp³-hybridized carbons (Fsp3) is 0.400. The number of ether oxygens (including phenoxy) is 1. The van der Waals surface area contributed by atoms with Crippen LogP contribution in [0.5, 0.6) is 11.9 Å². The second kappa shape index (κ2) is 4.46. The Morgan fingerprint density at radius 1 is 1.35 bits per heavy atom. The van der Waals surface area contributed by atoms with Gasteiger partial charge >= 0.3 is 6.01 Å². The molecule has 2 N–H and O–H groups in total. The van der Waals surface area contributed by atoms with Gasteiger partial charge < -0.3 is 10.5 Å². The lowest BCUT2D eigenvalue weighted by Crippen LogP contribution is -2.07. The summed E-state index contributed by atoms with van der Waals surface area (Å²) in [5.74, 6) is 0.363. The third-order valence-corrected chi connectivity index (χ3v) is 2.52. The van der Waals surface area contributed by atoms with Crippen LogP contribution in [0.25, 0.3) is 0 Å². The average Bonchev–Trinajstić information content (AvgIpc) is 2.70. The predicted octanol–water partition coefficient (Wildman–Crippen LogP) is 0.473. The molecular weight excluding hydrogens is 220 g/mol. The SMILES string of the molecule is Cc1nnc(Oc2ncn(C)n2)c(CN)c1C. The number of rotatable bonds is 3. The van der Waals surface area contributed by atoms with E-state index in [2.05, 4.69) is 20.3 Å². The van der Waals surface area contributed by atoms with Crippen LogP contribution in [0.2, 0.25) is 0 Å². The summed E-state index contributed by atoms with van der Waals surface area (Å²) in [6, 6.07) is 0.236. The molecule has 0 fully saturated rings. The van der Waals surface area contributed by atoms with Crippen LogP contribution in [-0.4, -0.2) is 25.0 Å². The van der Waals surface area contributed by atoms with Gasteiger partial charge in [0.05, 0.1) is 5.69 Å². The predicted molar refractivity (Wildman–Crippen MR) is 60.5 cm³/mol. The standard InChI is InChI=1S/C10H14N6O/c1-6-7(2)13-14-9(8(6)4-11)17-10-12-5-16(3)15-10/h5H,4,11H2,1-3H3. The molecule has 0 radical (unpaired) electrons. The van der Waals surface area contributed by atoms with Crippen LogP contribution in [0, 0.1) is 13.8 Å². The van der Waals surface area contributed by atoms with Crippen molar-refractivity contribution in [1.82, 2.24) is 25.0 Å². The average molecular weight is 234 g/mol. The second-order valence-corrected chi connectivity index (χ2v) is 3.70. The molecule has 0 aliphatic carbocycles. The maximum Gasteiger partial charge on any atom is 0.342 e. The van der Waals surface area contributed by atoms with Crippen molar-refractivity contribution in [2.24, 2.45) is 12.8 Å². The summed E-state index contributed by atoms with van der Waals surface area (Å²) in [7, 11) is 1.76. The smallest absolute Gasteiger partial charge is 0.342 e. The monoisotopic (exact) mass is 234 g/mol. The number of hydrogen-bond donors (Lipinski definition) is 1. The van der Waals surface area contributed by atoms with Gasteiger partial charge in [-0.3, -0.25) is 4.68 Å². The highest BCUT2D eigenvalue weighted by molar-refractivity contribution is 5.36. The van der Waals surface area contributed by atoms with Gasteiger partial charge in [0.15, 0.2) is 0 Å². The highest BCUT2D eigenvalue weighted by atomic mass is 16.5. The van der Waals surface area contributed by atoms with Crippen molar-refractivity contribution in [2.45, 2.75) is 20.4 Å². The van der Waals surface area contributed by atoms with E-state index < -0.39 is 0 Å². The van der Waals surface area contributed by atoms with E-state index in [0.29, 0.717) is 12.4 Å². The molecule has 0 amide bonds. The van der Waals surface area contributed by atoms with Crippen molar-refractivity contribution in [1.29, 1.82) is 0 Å². The molecule has 7 heteroatoms. The minimum absolute atomic E-state index is 0.236. The van der Waals surface area contributed by atoms with E-state index in [1.165, 1.54) is 0 Å². The lowest BCUT2D eigenvalue weighted by molar-refractivity contribution is 0.409. The van der Waals surface area contributed by atoms with E-state index in [-0.39, 0.29) is 6.01 Å². The second-order valence-electron chi connectivity index (χ2n) is 3.70. The summed E-state index contributed by atoms with van der Waals surface area (Å²) in [5, 5.41) is 12.0.